The maximum absolute atomic E-state index is 12.9. The van der Waals surface area contributed by atoms with Crippen molar-refractivity contribution in [3.8, 4) is 0 Å². The molecule has 1 heterocycles. The molecular weight excluding hydrogens is 315 g/mol. The van der Waals surface area contributed by atoms with Crippen LogP contribution in [-0.2, 0) is 16.0 Å². The highest BCUT2D eigenvalue weighted by molar-refractivity contribution is 6.07. The summed E-state index contributed by atoms with van der Waals surface area (Å²) in [6.07, 6.45) is 0.843. The number of hydrogen-bond acceptors (Lipinski definition) is 4. The zero-order valence-corrected chi connectivity index (χ0v) is 13.7. The van der Waals surface area contributed by atoms with E-state index in [1.54, 1.807) is 26.0 Å². The molecule has 0 spiro atoms. The fraction of sp³-hybridized carbons (Fsp3) is 0.471. The lowest BCUT2D eigenvalue weighted by atomic mass is 9.98. The Balaban J connectivity index is 2.07. The number of benzene rings is 1. The fourth-order valence-corrected chi connectivity index (χ4v) is 2.88. The standard InChI is InChI=1S/C17H21FN2O4/c1-10(2)15(14(22)9-21)20-16(23)13(19-17(20)24)8-5-11-3-6-12(18)7-4-11/h3-4,6-7,10,13,15,21H,5,8-9H2,1-2H3,(H,19,24)/t13-,15+/m0/s1. The largest absolute Gasteiger partial charge is 0.388 e. The number of aliphatic hydroxyl groups is 1. The second-order valence-electron chi connectivity index (χ2n) is 6.19. The molecule has 6 nitrogen and oxygen atoms in total. The number of amides is 3. The minimum atomic E-state index is -0.974. The fourth-order valence-electron chi connectivity index (χ4n) is 2.88. The van der Waals surface area contributed by atoms with Crippen molar-refractivity contribution < 1.29 is 23.9 Å². The lowest BCUT2D eigenvalue weighted by Gasteiger charge is -2.26. The molecule has 1 fully saturated rings. The molecule has 0 aliphatic carbocycles. The molecule has 1 saturated heterocycles. The number of hydrogen-bond donors (Lipinski definition) is 2. The number of ketones is 1. The Morgan fingerprint density at radius 3 is 2.46 bits per heavy atom. The maximum atomic E-state index is 12.9. The molecule has 130 valence electrons. The van der Waals surface area contributed by atoms with E-state index in [1.807, 2.05) is 0 Å². The van der Waals surface area contributed by atoms with Crippen molar-refractivity contribution in [1.29, 1.82) is 0 Å². The number of carbonyl (C=O) groups is 3. The van der Waals surface area contributed by atoms with E-state index >= 15 is 0 Å². The summed E-state index contributed by atoms with van der Waals surface area (Å²) in [6, 6.07) is 3.61. The zero-order valence-electron chi connectivity index (χ0n) is 13.7. The molecule has 7 heteroatoms. The van der Waals surface area contributed by atoms with Gasteiger partial charge in [-0.3, -0.25) is 14.5 Å². The van der Waals surface area contributed by atoms with Gasteiger partial charge in [0.2, 0.25) is 0 Å². The van der Waals surface area contributed by atoms with Crippen molar-refractivity contribution in [2.24, 2.45) is 5.92 Å². The highest BCUT2D eigenvalue weighted by Crippen LogP contribution is 2.20. The topological polar surface area (TPSA) is 86.7 Å². The summed E-state index contributed by atoms with van der Waals surface area (Å²) in [7, 11) is 0. The number of carbonyl (C=O) groups excluding carboxylic acids is 3. The third-order valence-corrected chi connectivity index (χ3v) is 4.08. The zero-order chi connectivity index (χ0) is 17.9. The van der Waals surface area contributed by atoms with Crippen LogP contribution in [0.2, 0.25) is 0 Å². The van der Waals surface area contributed by atoms with Crippen LogP contribution in [0, 0.1) is 11.7 Å². The van der Waals surface area contributed by atoms with Crippen LogP contribution in [0.25, 0.3) is 0 Å². The first-order chi connectivity index (χ1) is 11.3. The summed E-state index contributed by atoms with van der Waals surface area (Å²) in [4.78, 5) is 37.4. The first-order valence-electron chi connectivity index (χ1n) is 7.86. The number of nitrogens with zero attached hydrogens (tertiary/aromatic N) is 1. The molecule has 0 saturated carbocycles. The lowest BCUT2D eigenvalue weighted by Crippen LogP contribution is -2.49. The van der Waals surface area contributed by atoms with Gasteiger partial charge in [-0.25, -0.2) is 9.18 Å². The molecule has 2 N–H and O–H groups in total. The van der Waals surface area contributed by atoms with Crippen molar-refractivity contribution >= 4 is 17.7 Å². The molecule has 3 amide bonds. The molecule has 0 unspecified atom stereocenters. The van der Waals surface area contributed by atoms with E-state index < -0.39 is 36.4 Å². The molecule has 1 aliphatic rings. The highest BCUT2D eigenvalue weighted by atomic mass is 19.1. The van der Waals surface area contributed by atoms with E-state index in [0.717, 1.165) is 10.5 Å². The molecule has 1 aromatic rings. The van der Waals surface area contributed by atoms with Gasteiger partial charge in [0.1, 0.15) is 24.5 Å². The Bertz CT molecular complexity index is 630. The number of urea groups is 1. The molecule has 2 rings (SSSR count). The van der Waals surface area contributed by atoms with E-state index in [4.69, 9.17) is 5.11 Å². The molecule has 0 aromatic heterocycles. The number of imide groups is 1. The van der Waals surface area contributed by atoms with Crippen molar-refractivity contribution in [2.45, 2.75) is 38.8 Å². The molecule has 24 heavy (non-hydrogen) atoms. The van der Waals surface area contributed by atoms with Crippen molar-refractivity contribution in [3.05, 3.63) is 35.6 Å². The molecule has 2 atom stereocenters. The van der Waals surface area contributed by atoms with Gasteiger partial charge in [-0.2, -0.15) is 0 Å². The lowest BCUT2D eigenvalue weighted by molar-refractivity contribution is -0.137. The van der Waals surface area contributed by atoms with E-state index in [-0.39, 0.29) is 11.7 Å². The maximum Gasteiger partial charge on any atom is 0.325 e. The van der Waals surface area contributed by atoms with Gasteiger partial charge in [-0.15, -0.1) is 0 Å². The van der Waals surface area contributed by atoms with Gasteiger partial charge in [0.05, 0.1) is 0 Å². The Kier molecular flexibility index (Phi) is 5.66. The second-order valence-corrected chi connectivity index (χ2v) is 6.19. The van der Waals surface area contributed by atoms with Crippen LogP contribution in [-0.4, -0.2) is 46.4 Å². The highest BCUT2D eigenvalue weighted by Gasteiger charge is 2.44. The van der Waals surface area contributed by atoms with Crippen molar-refractivity contribution in [1.82, 2.24) is 10.2 Å². The third kappa shape index (κ3) is 3.79. The van der Waals surface area contributed by atoms with Crippen LogP contribution in [0.3, 0.4) is 0 Å². The van der Waals surface area contributed by atoms with Gasteiger partial charge < -0.3 is 10.4 Å². The SMILES string of the molecule is CC(C)[C@H](C(=O)CO)N1C(=O)N[C@@H](CCc2ccc(F)cc2)C1=O. The van der Waals surface area contributed by atoms with Crippen LogP contribution in [0.15, 0.2) is 24.3 Å². The number of Topliss-reactive ketones (excluding diaryl/α,β-unsaturated/α-hetero) is 1. The van der Waals surface area contributed by atoms with E-state index in [2.05, 4.69) is 5.32 Å². The Morgan fingerprint density at radius 1 is 1.29 bits per heavy atom. The summed E-state index contributed by atoms with van der Waals surface area (Å²) in [6.45, 7) is 2.70. The third-order valence-electron chi connectivity index (χ3n) is 4.08. The first-order valence-corrected chi connectivity index (χ1v) is 7.86. The molecule has 0 bridgehead atoms. The average molecular weight is 336 g/mol. The van der Waals surface area contributed by atoms with Gasteiger partial charge in [0, 0.05) is 0 Å². The van der Waals surface area contributed by atoms with Crippen LogP contribution >= 0.6 is 0 Å². The van der Waals surface area contributed by atoms with E-state index in [0.29, 0.717) is 12.8 Å². The van der Waals surface area contributed by atoms with Crippen molar-refractivity contribution in [3.63, 3.8) is 0 Å². The average Bonchev–Trinajstić information content (AvgIpc) is 2.82. The number of halogens is 1. The van der Waals surface area contributed by atoms with Gasteiger partial charge >= 0.3 is 6.03 Å². The van der Waals surface area contributed by atoms with Crippen LogP contribution < -0.4 is 5.32 Å². The number of aryl methyl sites for hydroxylation is 1. The van der Waals surface area contributed by atoms with E-state index in [1.165, 1.54) is 12.1 Å². The van der Waals surface area contributed by atoms with Gasteiger partial charge in [-0.05, 0) is 36.5 Å². The number of rotatable bonds is 7. The monoisotopic (exact) mass is 336 g/mol. The molecular formula is C17H21FN2O4. The van der Waals surface area contributed by atoms with Gasteiger partial charge in [0.25, 0.3) is 5.91 Å². The minimum absolute atomic E-state index is 0.296. The van der Waals surface area contributed by atoms with Crippen molar-refractivity contribution in [2.75, 3.05) is 6.61 Å². The smallest absolute Gasteiger partial charge is 0.325 e. The number of aliphatic hydroxyl groups excluding tert-OH is 1. The summed E-state index contributed by atoms with van der Waals surface area (Å²) >= 11 is 0. The quantitative estimate of drug-likeness (QED) is 0.734. The normalized spacial score (nSPS) is 18.9. The minimum Gasteiger partial charge on any atom is -0.388 e. The van der Waals surface area contributed by atoms with Gasteiger partial charge in [0.15, 0.2) is 5.78 Å². The molecule has 1 aromatic carbocycles. The Morgan fingerprint density at radius 2 is 1.92 bits per heavy atom. The van der Waals surface area contributed by atoms with Crippen LogP contribution in [0.4, 0.5) is 9.18 Å². The second kappa shape index (κ2) is 7.53. The molecule has 1 aliphatic heterocycles. The Labute approximate surface area is 139 Å². The first kappa shape index (κ1) is 18.1. The predicted molar refractivity (Wildman–Crippen MR) is 84.6 cm³/mol. The van der Waals surface area contributed by atoms with E-state index in [9.17, 15) is 18.8 Å². The molecule has 0 radical (unpaired) electrons. The predicted octanol–water partition coefficient (Wildman–Crippen LogP) is 1.26. The van der Waals surface area contributed by atoms with Crippen LogP contribution in [0.1, 0.15) is 25.8 Å². The summed E-state index contributed by atoms with van der Waals surface area (Å²) in [5, 5.41) is 11.7. The summed E-state index contributed by atoms with van der Waals surface area (Å²) in [5.41, 5.74) is 0.851. The summed E-state index contributed by atoms with van der Waals surface area (Å²) < 4.78 is 12.9. The van der Waals surface area contributed by atoms with Gasteiger partial charge in [-0.1, -0.05) is 26.0 Å². The summed E-state index contributed by atoms with van der Waals surface area (Å²) in [5.74, 6) is -1.66. The Hall–Kier alpha value is -2.28. The van der Waals surface area contributed by atoms with Crippen LogP contribution in [0.5, 0.6) is 0 Å². The number of nitrogens with one attached hydrogen (secondary N) is 1.